The molecule has 0 saturated carbocycles. The van der Waals surface area contributed by atoms with Crippen LogP contribution >= 0.6 is 11.3 Å². The second kappa shape index (κ2) is 9.22. The summed E-state index contributed by atoms with van der Waals surface area (Å²) >= 11 is 1.23. The van der Waals surface area contributed by atoms with E-state index in [9.17, 15) is 18.4 Å². The van der Waals surface area contributed by atoms with Gasteiger partial charge in [0.05, 0.1) is 0 Å². The highest BCUT2D eigenvalue weighted by Crippen LogP contribution is 2.35. The van der Waals surface area contributed by atoms with Crippen LogP contribution in [-0.4, -0.2) is 34.5 Å². The van der Waals surface area contributed by atoms with Crippen LogP contribution in [0, 0.1) is 11.6 Å². The number of nitrogens with one attached hydrogen (secondary N) is 1. The predicted molar refractivity (Wildman–Crippen MR) is 112 cm³/mol. The molecule has 1 fully saturated rings. The van der Waals surface area contributed by atoms with Crippen LogP contribution in [0.4, 0.5) is 18.7 Å². The van der Waals surface area contributed by atoms with Gasteiger partial charge in [0.25, 0.3) is 0 Å². The van der Waals surface area contributed by atoms with E-state index in [1.54, 1.807) is 23.7 Å². The van der Waals surface area contributed by atoms with Gasteiger partial charge in [-0.05, 0) is 24.1 Å². The van der Waals surface area contributed by atoms with Crippen LogP contribution in [0.25, 0.3) is 0 Å². The number of nitrogens with zero attached hydrogens (tertiary/aromatic N) is 2. The van der Waals surface area contributed by atoms with Gasteiger partial charge in [-0.15, -0.1) is 11.3 Å². The highest BCUT2D eigenvalue weighted by atomic mass is 32.1. The van der Waals surface area contributed by atoms with Gasteiger partial charge in [0.2, 0.25) is 5.91 Å². The predicted octanol–water partition coefficient (Wildman–Crippen LogP) is 4.55. The van der Waals surface area contributed by atoms with Gasteiger partial charge in [-0.2, -0.15) is 0 Å². The minimum atomic E-state index is -0.948. The van der Waals surface area contributed by atoms with Crippen LogP contribution in [0.5, 0.6) is 0 Å². The van der Waals surface area contributed by atoms with Crippen LogP contribution in [0.2, 0.25) is 0 Å². The Hall–Kier alpha value is -3.33. The van der Waals surface area contributed by atoms with Crippen LogP contribution in [0.1, 0.15) is 23.5 Å². The normalized spacial score (nSPS) is 18.1. The van der Waals surface area contributed by atoms with Crippen molar-refractivity contribution in [1.82, 2.24) is 9.88 Å². The van der Waals surface area contributed by atoms with Crippen molar-refractivity contribution < 1.29 is 23.1 Å². The summed E-state index contributed by atoms with van der Waals surface area (Å²) in [5.41, 5.74) is 0.656. The van der Waals surface area contributed by atoms with E-state index in [1.807, 2.05) is 18.2 Å². The molecule has 0 spiro atoms. The molecule has 1 N–H and O–H groups in total. The lowest BCUT2D eigenvalue weighted by Gasteiger charge is -2.23. The van der Waals surface area contributed by atoms with E-state index in [0.717, 1.165) is 5.56 Å². The molecule has 1 saturated heterocycles. The van der Waals surface area contributed by atoms with E-state index >= 15 is 0 Å². The molecular formula is C22H19F2N3O3S. The zero-order valence-electron chi connectivity index (χ0n) is 16.3. The van der Waals surface area contributed by atoms with E-state index in [4.69, 9.17) is 4.74 Å². The Morgan fingerprint density at radius 3 is 2.55 bits per heavy atom. The lowest BCUT2D eigenvalue weighted by atomic mass is 9.95. The standard InChI is InChI=1S/C22H19F2N3O3S/c23-16-7-4-8-17(24)19(16)15-11-18(20(28)26-21-25-9-10-31-21)27(12-15)22(29)30-13-14-5-2-1-3-6-14/h1-10,15,18H,11-13H2,(H,25,26,28). The number of halogens is 2. The molecule has 1 aliphatic heterocycles. The van der Waals surface area contributed by atoms with Gasteiger partial charge in [0.1, 0.15) is 24.3 Å². The molecule has 2 amide bonds. The number of carbonyl (C=O) groups excluding carboxylic acids is 2. The van der Waals surface area contributed by atoms with E-state index in [2.05, 4.69) is 10.3 Å². The third kappa shape index (κ3) is 4.72. The minimum absolute atomic E-state index is 0.0235. The van der Waals surface area contributed by atoms with Crippen LogP contribution in [0.3, 0.4) is 0 Å². The second-order valence-electron chi connectivity index (χ2n) is 7.10. The highest BCUT2D eigenvalue weighted by molar-refractivity contribution is 7.13. The maximum Gasteiger partial charge on any atom is 0.410 e. The quantitative estimate of drug-likeness (QED) is 0.628. The van der Waals surface area contributed by atoms with Crippen molar-refractivity contribution in [1.29, 1.82) is 0 Å². The Kier molecular flexibility index (Phi) is 6.22. The molecule has 9 heteroatoms. The fourth-order valence-electron chi connectivity index (χ4n) is 3.67. The Bertz CT molecular complexity index is 1040. The lowest BCUT2D eigenvalue weighted by Crippen LogP contribution is -2.43. The summed E-state index contributed by atoms with van der Waals surface area (Å²) in [7, 11) is 0. The van der Waals surface area contributed by atoms with Crippen molar-refractivity contribution in [3.63, 3.8) is 0 Å². The largest absolute Gasteiger partial charge is 0.445 e. The number of thiazole rings is 1. The first-order chi connectivity index (χ1) is 15.0. The molecule has 2 atom stereocenters. The molecule has 6 nitrogen and oxygen atoms in total. The Labute approximate surface area is 181 Å². The zero-order valence-corrected chi connectivity index (χ0v) is 17.1. The molecule has 3 aromatic rings. The fraction of sp³-hybridized carbons (Fsp3) is 0.227. The fourth-order valence-corrected chi connectivity index (χ4v) is 4.20. The molecule has 2 heterocycles. The molecular weight excluding hydrogens is 424 g/mol. The Morgan fingerprint density at radius 1 is 1.13 bits per heavy atom. The molecule has 1 aliphatic rings. The maximum atomic E-state index is 14.3. The topological polar surface area (TPSA) is 71.5 Å². The summed E-state index contributed by atoms with van der Waals surface area (Å²) in [6.45, 7) is -0.0167. The van der Waals surface area contributed by atoms with Crippen molar-refractivity contribution in [2.45, 2.75) is 25.0 Å². The number of anilines is 1. The average Bonchev–Trinajstić information content (AvgIpc) is 3.43. The van der Waals surface area contributed by atoms with E-state index in [-0.39, 0.29) is 25.1 Å². The van der Waals surface area contributed by atoms with Crippen molar-refractivity contribution in [2.24, 2.45) is 0 Å². The Balaban J connectivity index is 1.54. The van der Waals surface area contributed by atoms with Crippen molar-refractivity contribution in [3.05, 3.63) is 82.9 Å². The van der Waals surface area contributed by atoms with Crippen molar-refractivity contribution >= 4 is 28.5 Å². The van der Waals surface area contributed by atoms with Gasteiger partial charge in [0.15, 0.2) is 5.13 Å². The first kappa shape index (κ1) is 20.9. The summed E-state index contributed by atoms with van der Waals surface area (Å²) in [4.78, 5) is 30.9. The monoisotopic (exact) mass is 443 g/mol. The van der Waals surface area contributed by atoms with Crippen molar-refractivity contribution in [2.75, 3.05) is 11.9 Å². The zero-order chi connectivity index (χ0) is 21.8. The van der Waals surface area contributed by atoms with E-state index in [0.29, 0.717) is 5.13 Å². The number of benzene rings is 2. The third-order valence-electron chi connectivity index (χ3n) is 5.11. The van der Waals surface area contributed by atoms with Crippen molar-refractivity contribution in [3.8, 4) is 0 Å². The SMILES string of the molecule is O=C(Nc1nccs1)C1CC(c2c(F)cccc2F)CN1C(=O)OCc1ccccc1. The smallest absolute Gasteiger partial charge is 0.410 e. The van der Waals surface area contributed by atoms with E-state index < -0.39 is 35.6 Å². The number of amides is 2. The highest BCUT2D eigenvalue weighted by Gasteiger charge is 2.42. The van der Waals surface area contributed by atoms with Gasteiger partial charge in [-0.3, -0.25) is 9.69 Å². The number of carbonyl (C=O) groups is 2. The number of aromatic nitrogens is 1. The molecule has 2 aromatic carbocycles. The van der Waals surface area contributed by atoms with Gasteiger partial charge < -0.3 is 10.1 Å². The number of hydrogen-bond donors (Lipinski definition) is 1. The number of hydrogen-bond acceptors (Lipinski definition) is 5. The molecule has 31 heavy (non-hydrogen) atoms. The molecule has 1 aromatic heterocycles. The molecule has 0 bridgehead atoms. The van der Waals surface area contributed by atoms with E-state index in [1.165, 1.54) is 34.4 Å². The van der Waals surface area contributed by atoms with Gasteiger partial charge in [-0.25, -0.2) is 18.6 Å². The minimum Gasteiger partial charge on any atom is -0.445 e. The van der Waals surface area contributed by atoms with Gasteiger partial charge >= 0.3 is 6.09 Å². The third-order valence-corrected chi connectivity index (χ3v) is 5.80. The average molecular weight is 443 g/mol. The molecule has 0 aliphatic carbocycles. The summed E-state index contributed by atoms with van der Waals surface area (Å²) < 4.78 is 34.1. The molecule has 2 unspecified atom stereocenters. The van der Waals surface area contributed by atoms with Crippen LogP contribution < -0.4 is 5.32 Å². The number of ether oxygens (including phenoxy) is 1. The van der Waals surface area contributed by atoms with Gasteiger partial charge in [-0.1, -0.05) is 36.4 Å². The summed E-state index contributed by atoms with van der Waals surface area (Å²) in [5, 5.41) is 4.74. The first-order valence-corrected chi connectivity index (χ1v) is 10.5. The summed E-state index contributed by atoms with van der Waals surface area (Å²) in [5.74, 6) is -2.57. The first-order valence-electron chi connectivity index (χ1n) is 9.64. The Morgan fingerprint density at radius 2 is 1.87 bits per heavy atom. The number of rotatable bonds is 5. The molecule has 160 valence electrons. The van der Waals surface area contributed by atoms with Crippen LogP contribution in [0.15, 0.2) is 60.1 Å². The number of likely N-dealkylation sites (tertiary alicyclic amines) is 1. The molecule has 0 radical (unpaired) electrons. The summed E-state index contributed by atoms with van der Waals surface area (Å²) in [6.07, 6.45) is 0.885. The second-order valence-corrected chi connectivity index (χ2v) is 8.00. The maximum absolute atomic E-state index is 14.3. The van der Waals surface area contributed by atoms with Crippen LogP contribution in [-0.2, 0) is 16.1 Å². The lowest BCUT2D eigenvalue weighted by molar-refractivity contribution is -0.120. The molecule has 4 rings (SSSR count). The van der Waals surface area contributed by atoms with Gasteiger partial charge in [0, 0.05) is 29.6 Å². The summed E-state index contributed by atoms with van der Waals surface area (Å²) in [6, 6.07) is 11.8.